The van der Waals surface area contributed by atoms with Gasteiger partial charge in [-0.2, -0.15) is 13.2 Å². The van der Waals surface area contributed by atoms with Gasteiger partial charge in [0, 0.05) is 5.56 Å². The number of hydrogen-bond donors (Lipinski definition) is 2. The molecule has 1 rings (SSSR count). The monoisotopic (exact) mass is 264 g/mol. The number of alkyl halides is 3. The number of benzene rings is 1. The van der Waals surface area contributed by atoms with Crippen LogP contribution in [0.15, 0.2) is 18.2 Å². The van der Waals surface area contributed by atoms with Crippen molar-refractivity contribution in [2.45, 2.75) is 12.3 Å². The highest BCUT2D eigenvalue weighted by Gasteiger charge is 2.34. The summed E-state index contributed by atoms with van der Waals surface area (Å²) in [6, 6.07) is 2.83. The fraction of sp³-hybridized carbons (Fsp3) is 0.364. The van der Waals surface area contributed by atoms with Gasteiger partial charge in [-0.3, -0.25) is 4.79 Å². The molecule has 0 saturated heterocycles. The number of carbonyl (C=O) groups excluding carboxylic acids is 1. The molecule has 0 fully saturated rings. The lowest BCUT2D eigenvalue weighted by Gasteiger charge is -2.15. The molecule has 1 aromatic rings. The van der Waals surface area contributed by atoms with Crippen LogP contribution in [0.2, 0.25) is 0 Å². The smallest absolute Gasteiger partial charge is 0.419 e. The maximum absolute atomic E-state index is 12.7. The fourth-order valence-corrected chi connectivity index (χ4v) is 1.21. The Morgan fingerprint density at radius 3 is 2.56 bits per heavy atom. The molecule has 0 spiro atoms. The molecular formula is C11H11F3O4. The number of aliphatic hydroxyl groups is 2. The standard InChI is InChI=1S/C11H11F3O4/c12-11(13,14)9-3-7(4-15)1-2-10(9)18-6-8(17)5-16/h1-4,8,16-17H,5-6H2. The van der Waals surface area contributed by atoms with Crippen LogP contribution in [-0.2, 0) is 6.18 Å². The fourth-order valence-electron chi connectivity index (χ4n) is 1.21. The lowest BCUT2D eigenvalue weighted by Crippen LogP contribution is -2.22. The van der Waals surface area contributed by atoms with Gasteiger partial charge in [0.15, 0.2) is 0 Å². The summed E-state index contributed by atoms with van der Waals surface area (Å²) in [4.78, 5) is 10.4. The Kier molecular flexibility index (Phi) is 4.69. The van der Waals surface area contributed by atoms with E-state index < -0.39 is 36.8 Å². The molecule has 18 heavy (non-hydrogen) atoms. The average Bonchev–Trinajstić information content (AvgIpc) is 2.34. The molecule has 0 aliphatic rings. The lowest BCUT2D eigenvalue weighted by molar-refractivity contribution is -0.139. The maximum Gasteiger partial charge on any atom is 0.419 e. The van der Waals surface area contributed by atoms with E-state index >= 15 is 0 Å². The van der Waals surface area contributed by atoms with Gasteiger partial charge >= 0.3 is 6.18 Å². The van der Waals surface area contributed by atoms with Crippen LogP contribution in [0.1, 0.15) is 15.9 Å². The van der Waals surface area contributed by atoms with E-state index in [4.69, 9.17) is 14.9 Å². The van der Waals surface area contributed by atoms with Crippen molar-refractivity contribution in [3.8, 4) is 5.75 Å². The lowest BCUT2D eigenvalue weighted by atomic mass is 10.1. The van der Waals surface area contributed by atoms with Crippen LogP contribution < -0.4 is 4.74 Å². The third-order valence-electron chi connectivity index (χ3n) is 2.09. The third-order valence-corrected chi connectivity index (χ3v) is 2.09. The van der Waals surface area contributed by atoms with E-state index in [0.717, 1.165) is 6.07 Å². The van der Waals surface area contributed by atoms with Crippen molar-refractivity contribution in [2.75, 3.05) is 13.2 Å². The second-order valence-electron chi connectivity index (χ2n) is 3.52. The van der Waals surface area contributed by atoms with Gasteiger partial charge < -0.3 is 14.9 Å². The molecule has 1 atom stereocenters. The van der Waals surface area contributed by atoms with Gasteiger partial charge in [-0.05, 0) is 18.2 Å². The van der Waals surface area contributed by atoms with Crippen molar-refractivity contribution in [1.29, 1.82) is 0 Å². The number of carbonyl (C=O) groups is 1. The van der Waals surface area contributed by atoms with E-state index in [1.807, 2.05) is 0 Å². The zero-order valence-electron chi connectivity index (χ0n) is 9.15. The first-order valence-corrected chi connectivity index (χ1v) is 4.96. The Labute approximate surface area is 101 Å². The summed E-state index contributed by atoms with van der Waals surface area (Å²) in [5.74, 6) is -0.499. The first-order chi connectivity index (χ1) is 8.38. The van der Waals surface area contributed by atoms with E-state index in [1.165, 1.54) is 6.07 Å². The second-order valence-corrected chi connectivity index (χ2v) is 3.52. The van der Waals surface area contributed by atoms with E-state index in [0.29, 0.717) is 12.4 Å². The van der Waals surface area contributed by atoms with E-state index in [2.05, 4.69) is 0 Å². The average molecular weight is 264 g/mol. The van der Waals surface area contributed by atoms with E-state index in [9.17, 15) is 18.0 Å². The van der Waals surface area contributed by atoms with Crippen molar-refractivity contribution in [3.05, 3.63) is 29.3 Å². The Morgan fingerprint density at radius 2 is 2.06 bits per heavy atom. The van der Waals surface area contributed by atoms with Gasteiger partial charge in [-0.15, -0.1) is 0 Å². The van der Waals surface area contributed by atoms with Crippen LogP contribution >= 0.6 is 0 Å². The van der Waals surface area contributed by atoms with Crippen molar-refractivity contribution >= 4 is 6.29 Å². The van der Waals surface area contributed by atoms with Crippen LogP contribution in [0.25, 0.3) is 0 Å². The molecule has 0 aliphatic carbocycles. The highest BCUT2D eigenvalue weighted by atomic mass is 19.4. The van der Waals surface area contributed by atoms with Crippen molar-refractivity contribution in [1.82, 2.24) is 0 Å². The zero-order valence-corrected chi connectivity index (χ0v) is 9.15. The van der Waals surface area contributed by atoms with Gasteiger partial charge in [0.1, 0.15) is 24.7 Å². The molecule has 100 valence electrons. The Hall–Kier alpha value is -1.60. The predicted molar refractivity (Wildman–Crippen MR) is 55.4 cm³/mol. The highest BCUT2D eigenvalue weighted by molar-refractivity contribution is 5.75. The van der Waals surface area contributed by atoms with Crippen molar-refractivity contribution in [3.63, 3.8) is 0 Å². The maximum atomic E-state index is 12.7. The third kappa shape index (κ3) is 3.71. The summed E-state index contributed by atoms with van der Waals surface area (Å²) in [7, 11) is 0. The highest BCUT2D eigenvalue weighted by Crippen LogP contribution is 2.36. The quantitative estimate of drug-likeness (QED) is 0.785. The van der Waals surface area contributed by atoms with Crippen LogP contribution in [0, 0.1) is 0 Å². The van der Waals surface area contributed by atoms with Crippen molar-refractivity contribution < 1.29 is 32.9 Å². The molecule has 0 amide bonds. The minimum Gasteiger partial charge on any atom is -0.490 e. The Balaban J connectivity index is 2.99. The minimum atomic E-state index is -4.67. The number of hydrogen-bond acceptors (Lipinski definition) is 4. The zero-order chi connectivity index (χ0) is 13.8. The van der Waals surface area contributed by atoms with E-state index in [1.54, 1.807) is 0 Å². The molecule has 0 aromatic heterocycles. The summed E-state index contributed by atoms with van der Waals surface area (Å²) in [5.41, 5.74) is -1.23. The normalized spacial score (nSPS) is 13.2. The molecule has 1 aromatic carbocycles. The van der Waals surface area contributed by atoms with Crippen LogP contribution in [0.5, 0.6) is 5.75 Å². The molecule has 4 nitrogen and oxygen atoms in total. The topological polar surface area (TPSA) is 66.8 Å². The van der Waals surface area contributed by atoms with Crippen molar-refractivity contribution in [2.24, 2.45) is 0 Å². The van der Waals surface area contributed by atoms with Crippen LogP contribution in [0.3, 0.4) is 0 Å². The van der Waals surface area contributed by atoms with E-state index in [-0.39, 0.29) is 5.56 Å². The molecule has 2 N–H and O–H groups in total. The van der Waals surface area contributed by atoms with Crippen LogP contribution in [0.4, 0.5) is 13.2 Å². The number of aldehydes is 1. The number of rotatable bonds is 5. The Morgan fingerprint density at radius 1 is 1.39 bits per heavy atom. The van der Waals surface area contributed by atoms with Crippen LogP contribution in [-0.4, -0.2) is 35.8 Å². The first kappa shape index (κ1) is 14.5. The molecule has 0 radical (unpaired) electrons. The first-order valence-electron chi connectivity index (χ1n) is 4.96. The van der Waals surface area contributed by atoms with Gasteiger partial charge in [0.05, 0.1) is 12.2 Å². The Bertz CT molecular complexity index is 417. The largest absolute Gasteiger partial charge is 0.490 e. The molecular weight excluding hydrogens is 253 g/mol. The summed E-state index contributed by atoms with van der Waals surface area (Å²) in [6.45, 7) is -1.09. The predicted octanol–water partition coefficient (Wildman–Crippen LogP) is 1.25. The summed E-state index contributed by atoms with van der Waals surface area (Å²) >= 11 is 0. The summed E-state index contributed by atoms with van der Waals surface area (Å²) in [6.07, 6.45) is -5.64. The summed E-state index contributed by atoms with van der Waals surface area (Å²) < 4.78 is 42.8. The van der Waals surface area contributed by atoms with Gasteiger partial charge in [0.25, 0.3) is 0 Å². The SMILES string of the molecule is O=Cc1ccc(OCC(O)CO)c(C(F)(F)F)c1. The molecule has 0 bridgehead atoms. The number of aliphatic hydroxyl groups excluding tert-OH is 2. The molecule has 0 heterocycles. The van der Waals surface area contributed by atoms with Gasteiger partial charge in [-0.1, -0.05) is 0 Å². The second kappa shape index (κ2) is 5.83. The molecule has 1 unspecified atom stereocenters. The minimum absolute atomic E-state index is 0.127. The summed E-state index contributed by atoms with van der Waals surface area (Å²) in [5, 5.41) is 17.5. The number of ether oxygens (including phenoxy) is 1. The molecule has 7 heteroatoms. The van der Waals surface area contributed by atoms with Gasteiger partial charge in [-0.25, -0.2) is 0 Å². The number of halogens is 3. The molecule has 0 aliphatic heterocycles. The molecule has 0 saturated carbocycles. The van der Waals surface area contributed by atoms with Gasteiger partial charge in [0.2, 0.25) is 0 Å².